The molecule has 0 bridgehead atoms. The molecule has 2 rings (SSSR count). The maximum absolute atomic E-state index is 8.94. The molecule has 1 aromatic heterocycles. The fourth-order valence-corrected chi connectivity index (χ4v) is 2.06. The van der Waals surface area contributed by atoms with Crippen LogP contribution >= 0.6 is 11.3 Å². The molecular weight excluding hydrogens is 232 g/mol. The minimum Gasteiger partial charge on any atom is -0.338 e. The normalized spacial score (nSPS) is 9.35. The smallest absolute Gasteiger partial charge is 0.159 e. The van der Waals surface area contributed by atoms with Gasteiger partial charge in [-0.15, -0.1) is 11.3 Å². The van der Waals surface area contributed by atoms with E-state index in [0.29, 0.717) is 16.3 Å². The Morgan fingerprint density at radius 1 is 1.29 bits per heavy atom. The van der Waals surface area contributed by atoms with Gasteiger partial charge in [0.2, 0.25) is 0 Å². The van der Waals surface area contributed by atoms with Gasteiger partial charge in [-0.3, -0.25) is 0 Å². The molecule has 0 spiro atoms. The molecule has 0 radical (unpaired) electrons. The third-order valence-corrected chi connectivity index (χ3v) is 2.97. The first-order chi connectivity index (χ1) is 8.22. The average molecular weight is 240 g/mol. The van der Waals surface area contributed by atoms with Crippen molar-refractivity contribution in [2.24, 2.45) is 0 Å². The Morgan fingerprint density at radius 3 is 2.82 bits per heavy atom. The molecule has 17 heavy (non-hydrogen) atoms. The number of aromatic nitrogens is 1. The van der Waals surface area contributed by atoms with Gasteiger partial charge in [0.15, 0.2) is 5.82 Å². The third kappa shape index (κ3) is 2.41. The highest BCUT2D eigenvalue weighted by Gasteiger charge is 2.08. The topological polar surface area (TPSA) is 72.5 Å². The first-order valence-electron chi connectivity index (χ1n) is 4.87. The van der Waals surface area contributed by atoms with Gasteiger partial charge in [-0.05, 0) is 25.1 Å². The number of nitrogens with one attached hydrogen (secondary N) is 1. The summed E-state index contributed by atoms with van der Waals surface area (Å²) >= 11 is 1.34. The first-order valence-corrected chi connectivity index (χ1v) is 5.69. The largest absolute Gasteiger partial charge is 0.338 e. The van der Waals surface area contributed by atoms with Gasteiger partial charge in [-0.1, -0.05) is 6.07 Å². The van der Waals surface area contributed by atoms with E-state index in [1.54, 1.807) is 18.2 Å². The molecule has 4 nitrogen and oxygen atoms in total. The Hall–Kier alpha value is -2.37. The van der Waals surface area contributed by atoms with Crippen molar-refractivity contribution in [3.8, 4) is 12.1 Å². The van der Waals surface area contributed by atoms with Crippen molar-refractivity contribution < 1.29 is 0 Å². The van der Waals surface area contributed by atoms with E-state index in [1.165, 1.54) is 11.3 Å². The molecule has 0 unspecified atom stereocenters. The molecule has 5 heteroatoms. The number of aryl methyl sites for hydroxylation is 1. The highest BCUT2D eigenvalue weighted by Crippen LogP contribution is 2.25. The van der Waals surface area contributed by atoms with E-state index >= 15 is 0 Å². The maximum atomic E-state index is 8.94. The molecular formula is C12H8N4S. The number of benzene rings is 1. The SMILES string of the molecule is Cc1nc(Nc2cccc(C#N)c2)c(C#N)s1. The van der Waals surface area contributed by atoms with Gasteiger partial charge >= 0.3 is 0 Å². The zero-order chi connectivity index (χ0) is 12.3. The third-order valence-electron chi connectivity index (χ3n) is 2.09. The number of nitriles is 2. The molecule has 0 atom stereocenters. The van der Waals surface area contributed by atoms with E-state index in [-0.39, 0.29) is 0 Å². The lowest BCUT2D eigenvalue weighted by Crippen LogP contribution is -1.93. The summed E-state index contributed by atoms with van der Waals surface area (Å²) in [5.74, 6) is 0.546. The average Bonchev–Trinajstić information content (AvgIpc) is 2.69. The zero-order valence-corrected chi connectivity index (χ0v) is 9.88. The summed E-state index contributed by atoms with van der Waals surface area (Å²) in [5, 5.41) is 21.6. The molecule has 0 aliphatic rings. The summed E-state index contributed by atoms with van der Waals surface area (Å²) in [4.78, 5) is 4.78. The summed E-state index contributed by atoms with van der Waals surface area (Å²) in [5.41, 5.74) is 1.33. The lowest BCUT2D eigenvalue weighted by Gasteiger charge is -2.03. The Labute approximate surface area is 103 Å². The van der Waals surface area contributed by atoms with E-state index in [4.69, 9.17) is 10.5 Å². The highest BCUT2D eigenvalue weighted by molar-refractivity contribution is 7.12. The fraction of sp³-hybridized carbons (Fsp3) is 0.0833. The molecule has 1 aromatic carbocycles. The van der Waals surface area contributed by atoms with E-state index in [0.717, 1.165) is 10.7 Å². The number of hydrogen-bond donors (Lipinski definition) is 1. The first kappa shape index (κ1) is 11.1. The maximum Gasteiger partial charge on any atom is 0.159 e. The van der Waals surface area contributed by atoms with Crippen molar-refractivity contribution in [2.45, 2.75) is 6.92 Å². The van der Waals surface area contributed by atoms with Crippen LogP contribution in [0.15, 0.2) is 24.3 Å². The molecule has 0 aliphatic carbocycles. The van der Waals surface area contributed by atoms with Crippen molar-refractivity contribution in [1.82, 2.24) is 4.98 Å². The Bertz CT molecular complexity index is 631. The van der Waals surface area contributed by atoms with Crippen molar-refractivity contribution in [3.63, 3.8) is 0 Å². The van der Waals surface area contributed by atoms with Crippen LogP contribution in [0.5, 0.6) is 0 Å². The lowest BCUT2D eigenvalue weighted by atomic mass is 10.2. The quantitative estimate of drug-likeness (QED) is 0.875. The summed E-state index contributed by atoms with van der Waals surface area (Å²) in [6, 6.07) is 11.2. The molecule has 0 fully saturated rings. The van der Waals surface area contributed by atoms with Crippen LogP contribution in [0.4, 0.5) is 11.5 Å². The second-order valence-corrected chi connectivity index (χ2v) is 4.54. The van der Waals surface area contributed by atoms with E-state index in [1.807, 2.05) is 13.0 Å². The van der Waals surface area contributed by atoms with Crippen LogP contribution in [-0.2, 0) is 0 Å². The second kappa shape index (κ2) is 4.65. The number of rotatable bonds is 2. The van der Waals surface area contributed by atoms with E-state index in [9.17, 15) is 0 Å². The van der Waals surface area contributed by atoms with Crippen LogP contribution in [0.3, 0.4) is 0 Å². The molecule has 0 aliphatic heterocycles. The molecule has 2 aromatic rings. The molecule has 0 saturated heterocycles. The standard InChI is InChI=1S/C12H8N4S/c1-8-15-12(11(7-14)17-8)16-10-4-2-3-9(5-10)6-13/h2-5,16H,1H3. The molecule has 1 N–H and O–H groups in total. The number of nitrogens with zero attached hydrogens (tertiary/aromatic N) is 3. The van der Waals surface area contributed by atoms with Crippen molar-refractivity contribution in [1.29, 1.82) is 10.5 Å². The van der Waals surface area contributed by atoms with Gasteiger partial charge in [-0.2, -0.15) is 10.5 Å². The molecule has 82 valence electrons. The fourth-order valence-electron chi connectivity index (χ4n) is 1.39. The van der Waals surface area contributed by atoms with Gasteiger partial charge in [-0.25, -0.2) is 4.98 Å². The number of anilines is 2. The van der Waals surface area contributed by atoms with Crippen molar-refractivity contribution in [2.75, 3.05) is 5.32 Å². The summed E-state index contributed by atoms with van der Waals surface area (Å²) in [6.45, 7) is 1.85. The summed E-state index contributed by atoms with van der Waals surface area (Å²) in [7, 11) is 0. The highest BCUT2D eigenvalue weighted by atomic mass is 32.1. The molecule has 1 heterocycles. The van der Waals surface area contributed by atoms with Gasteiger partial charge < -0.3 is 5.32 Å². The van der Waals surface area contributed by atoms with Gasteiger partial charge in [0, 0.05) is 5.69 Å². The van der Waals surface area contributed by atoms with E-state index in [2.05, 4.69) is 22.4 Å². The number of thiazole rings is 1. The zero-order valence-electron chi connectivity index (χ0n) is 9.06. The monoisotopic (exact) mass is 240 g/mol. The predicted molar refractivity (Wildman–Crippen MR) is 66.0 cm³/mol. The van der Waals surface area contributed by atoms with Crippen molar-refractivity contribution in [3.05, 3.63) is 39.7 Å². The van der Waals surface area contributed by atoms with Crippen LogP contribution < -0.4 is 5.32 Å². The van der Waals surface area contributed by atoms with Crippen LogP contribution in [-0.4, -0.2) is 4.98 Å². The van der Waals surface area contributed by atoms with Crippen molar-refractivity contribution >= 4 is 22.8 Å². The minimum atomic E-state index is 0.546. The second-order valence-electron chi connectivity index (χ2n) is 3.34. The number of hydrogen-bond acceptors (Lipinski definition) is 5. The van der Waals surface area contributed by atoms with Gasteiger partial charge in [0.25, 0.3) is 0 Å². The Morgan fingerprint density at radius 2 is 2.12 bits per heavy atom. The minimum absolute atomic E-state index is 0.546. The Balaban J connectivity index is 2.32. The van der Waals surface area contributed by atoms with Crippen LogP contribution in [0.2, 0.25) is 0 Å². The molecule has 0 saturated carbocycles. The molecule has 0 amide bonds. The van der Waals surface area contributed by atoms with Gasteiger partial charge in [0.05, 0.1) is 16.6 Å². The van der Waals surface area contributed by atoms with Gasteiger partial charge in [0.1, 0.15) is 10.9 Å². The predicted octanol–water partition coefficient (Wildman–Crippen LogP) is 2.94. The summed E-state index contributed by atoms with van der Waals surface area (Å²) in [6.07, 6.45) is 0. The van der Waals surface area contributed by atoms with Crippen LogP contribution in [0.1, 0.15) is 15.4 Å². The van der Waals surface area contributed by atoms with E-state index < -0.39 is 0 Å². The van der Waals surface area contributed by atoms with Crippen LogP contribution in [0, 0.1) is 29.6 Å². The lowest BCUT2D eigenvalue weighted by molar-refractivity contribution is 1.28. The van der Waals surface area contributed by atoms with Crippen LogP contribution in [0.25, 0.3) is 0 Å². The summed E-state index contributed by atoms with van der Waals surface area (Å²) < 4.78 is 0. The Kier molecular flexibility index (Phi) is 3.04.